The molecule has 0 fully saturated rings. The van der Waals surface area contributed by atoms with E-state index in [0.717, 1.165) is 10.9 Å². The molecular weight excluding hydrogens is 318 g/mol. The molecule has 1 aliphatic rings. The number of fused-ring (bicyclic) bond motifs is 2. The van der Waals surface area contributed by atoms with Gasteiger partial charge in [-0.15, -0.1) is 0 Å². The number of aromatic hydroxyl groups is 1. The van der Waals surface area contributed by atoms with Crippen molar-refractivity contribution >= 4 is 16.7 Å². The molecule has 5 nitrogen and oxygen atoms in total. The van der Waals surface area contributed by atoms with E-state index in [9.17, 15) is 9.90 Å². The highest BCUT2D eigenvalue weighted by atomic mass is 16.7. The quantitative estimate of drug-likeness (QED) is 0.786. The zero-order chi connectivity index (χ0) is 17.4. The first-order valence-corrected chi connectivity index (χ1v) is 8.09. The van der Waals surface area contributed by atoms with E-state index < -0.39 is 0 Å². The first-order chi connectivity index (χ1) is 12.1. The molecule has 25 heavy (non-hydrogen) atoms. The number of phenols is 1. The van der Waals surface area contributed by atoms with Gasteiger partial charge in [-0.2, -0.15) is 0 Å². The van der Waals surface area contributed by atoms with E-state index in [4.69, 9.17) is 9.47 Å². The standard InChI is InChI=1S/C20H17NO4/c1-12(22)9-16(14-5-7-17-18(10-14)25-11-24-17)15-6-4-13-3-2-8-21-19(13)20(15)23/h2-8,10,16,23H,9,11H2,1H3. The summed E-state index contributed by atoms with van der Waals surface area (Å²) in [5.74, 6) is 1.22. The third-order valence-corrected chi connectivity index (χ3v) is 4.45. The number of pyridine rings is 1. The lowest BCUT2D eigenvalue weighted by Gasteiger charge is -2.19. The highest BCUT2D eigenvalue weighted by molar-refractivity contribution is 5.86. The van der Waals surface area contributed by atoms with Gasteiger partial charge in [0.2, 0.25) is 6.79 Å². The maximum Gasteiger partial charge on any atom is 0.231 e. The average Bonchev–Trinajstić information content (AvgIpc) is 3.08. The van der Waals surface area contributed by atoms with Crippen LogP contribution in [0.1, 0.15) is 30.4 Å². The van der Waals surface area contributed by atoms with Crippen LogP contribution in [0.15, 0.2) is 48.7 Å². The van der Waals surface area contributed by atoms with Crippen molar-refractivity contribution < 1.29 is 19.4 Å². The number of nitrogens with zero attached hydrogens (tertiary/aromatic N) is 1. The number of ketones is 1. The van der Waals surface area contributed by atoms with Crippen LogP contribution in [0.4, 0.5) is 0 Å². The van der Waals surface area contributed by atoms with Crippen LogP contribution in [-0.2, 0) is 4.79 Å². The van der Waals surface area contributed by atoms with E-state index in [1.807, 2.05) is 42.5 Å². The van der Waals surface area contributed by atoms with Gasteiger partial charge in [-0.3, -0.25) is 9.78 Å². The fourth-order valence-corrected chi connectivity index (χ4v) is 3.25. The molecule has 1 aliphatic heterocycles. The lowest BCUT2D eigenvalue weighted by atomic mass is 9.86. The Balaban J connectivity index is 1.85. The number of carbonyl (C=O) groups is 1. The summed E-state index contributed by atoms with van der Waals surface area (Å²) in [4.78, 5) is 16.1. The topological polar surface area (TPSA) is 68.7 Å². The van der Waals surface area contributed by atoms with Crippen LogP contribution < -0.4 is 9.47 Å². The van der Waals surface area contributed by atoms with Crippen LogP contribution >= 0.6 is 0 Å². The summed E-state index contributed by atoms with van der Waals surface area (Å²) in [6.07, 6.45) is 1.93. The van der Waals surface area contributed by atoms with Crippen LogP contribution in [-0.4, -0.2) is 22.7 Å². The molecule has 2 aromatic carbocycles. The Bertz CT molecular complexity index is 967. The summed E-state index contributed by atoms with van der Waals surface area (Å²) in [5.41, 5.74) is 2.11. The number of Topliss-reactive ketones (excluding diaryl/α,β-unsaturated/α-hetero) is 1. The lowest BCUT2D eigenvalue weighted by molar-refractivity contribution is -0.117. The maximum absolute atomic E-state index is 11.9. The van der Waals surface area contributed by atoms with Crippen LogP contribution in [0, 0.1) is 0 Å². The summed E-state index contributed by atoms with van der Waals surface area (Å²) in [5, 5.41) is 11.6. The second kappa shape index (κ2) is 6.09. The SMILES string of the molecule is CC(=O)CC(c1ccc2c(c1)OCO2)c1ccc2cccnc2c1O. The van der Waals surface area contributed by atoms with E-state index >= 15 is 0 Å². The van der Waals surface area contributed by atoms with E-state index in [1.165, 1.54) is 0 Å². The fourth-order valence-electron chi connectivity index (χ4n) is 3.25. The summed E-state index contributed by atoms with van der Waals surface area (Å²) in [6, 6.07) is 13.1. The molecule has 4 rings (SSSR count). The van der Waals surface area contributed by atoms with Gasteiger partial charge < -0.3 is 14.6 Å². The second-order valence-corrected chi connectivity index (χ2v) is 6.15. The maximum atomic E-state index is 11.9. The largest absolute Gasteiger partial charge is 0.505 e. The van der Waals surface area contributed by atoms with E-state index in [1.54, 1.807) is 13.1 Å². The van der Waals surface area contributed by atoms with Gasteiger partial charge in [0.05, 0.1) is 0 Å². The van der Waals surface area contributed by atoms with Crippen LogP contribution in [0.2, 0.25) is 0 Å². The van der Waals surface area contributed by atoms with Crippen molar-refractivity contribution in [3.8, 4) is 17.2 Å². The molecule has 126 valence electrons. The molecule has 0 radical (unpaired) electrons. The Kier molecular flexibility index (Phi) is 3.76. The minimum Gasteiger partial charge on any atom is -0.505 e. The molecule has 0 amide bonds. The third kappa shape index (κ3) is 2.78. The molecule has 0 saturated carbocycles. The molecule has 0 bridgehead atoms. The molecule has 0 spiro atoms. The summed E-state index contributed by atoms with van der Waals surface area (Å²) in [7, 11) is 0. The molecule has 2 heterocycles. The van der Waals surface area contributed by atoms with E-state index in [2.05, 4.69) is 4.98 Å². The zero-order valence-electron chi connectivity index (χ0n) is 13.7. The molecule has 5 heteroatoms. The number of rotatable bonds is 4. The van der Waals surface area contributed by atoms with Crippen LogP contribution in [0.25, 0.3) is 10.9 Å². The Morgan fingerprint density at radius 2 is 2.04 bits per heavy atom. The van der Waals surface area contributed by atoms with Crippen molar-refractivity contribution in [3.63, 3.8) is 0 Å². The highest BCUT2D eigenvalue weighted by Gasteiger charge is 2.24. The van der Waals surface area contributed by atoms with Gasteiger partial charge in [-0.25, -0.2) is 0 Å². The summed E-state index contributed by atoms with van der Waals surface area (Å²) >= 11 is 0. The average molecular weight is 335 g/mol. The molecule has 1 N–H and O–H groups in total. The van der Waals surface area contributed by atoms with E-state index in [0.29, 0.717) is 22.6 Å². The first-order valence-electron chi connectivity index (χ1n) is 8.09. The van der Waals surface area contributed by atoms with Gasteiger partial charge in [0.25, 0.3) is 0 Å². The normalized spacial score (nSPS) is 13.8. The van der Waals surface area contributed by atoms with Crippen molar-refractivity contribution in [1.82, 2.24) is 4.98 Å². The molecule has 3 aromatic rings. The molecule has 1 atom stereocenters. The Labute approximate surface area is 144 Å². The predicted molar refractivity (Wildman–Crippen MR) is 93.1 cm³/mol. The number of ether oxygens (including phenoxy) is 2. The first kappa shape index (κ1) is 15.4. The van der Waals surface area contributed by atoms with Gasteiger partial charge in [0, 0.05) is 29.5 Å². The highest BCUT2D eigenvalue weighted by Crippen LogP contribution is 2.41. The van der Waals surface area contributed by atoms with Crippen molar-refractivity contribution in [2.45, 2.75) is 19.3 Å². The second-order valence-electron chi connectivity index (χ2n) is 6.15. The Hall–Kier alpha value is -3.08. The summed E-state index contributed by atoms with van der Waals surface area (Å²) in [6.45, 7) is 1.75. The van der Waals surface area contributed by atoms with Crippen molar-refractivity contribution in [3.05, 3.63) is 59.8 Å². The zero-order valence-corrected chi connectivity index (χ0v) is 13.7. The number of phenolic OH excluding ortho intramolecular Hbond substituents is 1. The lowest BCUT2D eigenvalue weighted by Crippen LogP contribution is -2.07. The van der Waals surface area contributed by atoms with E-state index in [-0.39, 0.29) is 30.7 Å². The monoisotopic (exact) mass is 335 g/mol. The number of aromatic nitrogens is 1. The summed E-state index contributed by atoms with van der Waals surface area (Å²) < 4.78 is 10.8. The Morgan fingerprint density at radius 3 is 2.88 bits per heavy atom. The van der Waals surface area contributed by atoms with Crippen LogP contribution in [0.5, 0.6) is 17.2 Å². The molecule has 0 aliphatic carbocycles. The van der Waals surface area contributed by atoms with Gasteiger partial charge >= 0.3 is 0 Å². The number of hydrogen-bond donors (Lipinski definition) is 1. The molecule has 0 saturated heterocycles. The predicted octanol–water partition coefficient (Wildman–Crippen LogP) is 3.78. The van der Waals surface area contributed by atoms with Gasteiger partial charge in [-0.05, 0) is 30.7 Å². The number of benzene rings is 2. The van der Waals surface area contributed by atoms with Gasteiger partial charge in [-0.1, -0.05) is 24.3 Å². The van der Waals surface area contributed by atoms with Gasteiger partial charge in [0.1, 0.15) is 17.0 Å². The Morgan fingerprint density at radius 1 is 1.20 bits per heavy atom. The molecule has 1 unspecified atom stereocenters. The van der Waals surface area contributed by atoms with Crippen molar-refractivity contribution in [1.29, 1.82) is 0 Å². The minimum absolute atomic E-state index is 0.0446. The fraction of sp³-hybridized carbons (Fsp3) is 0.200. The minimum atomic E-state index is -0.279. The van der Waals surface area contributed by atoms with Gasteiger partial charge in [0.15, 0.2) is 11.5 Å². The molecular formula is C20H17NO4. The van der Waals surface area contributed by atoms with Crippen molar-refractivity contribution in [2.24, 2.45) is 0 Å². The smallest absolute Gasteiger partial charge is 0.231 e. The van der Waals surface area contributed by atoms with Crippen molar-refractivity contribution in [2.75, 3.05) is 6.79 Å². The number of carbonyl (C=O) groups excluding carboxylic acids is 1. The molecule has 1 aromatic heterocycles. The number of hydrogen-bond acceptors (Lipinski definition) is 5. The third-order valence-electron chi connectivity index (χ3n) is 4.45. The van der Waals surface area contributed by atoms with Crippen LogP contribution in [0.3, 0.4) is 0 Å².